The average molecular weight is 281 g/mol. The molecule has 20 heavy (non-hydrogen) atoms. The van der Waals surface area contributed by atoms with Crippen LogP contribution in [0.5, 0.6) is 11.5 Å². The lowest BCUT2D eigenvalue weighted by molar-refractivity contribution is -0.138. The second-order valence-electron chi connectivity index (χ2n) is 4.52. The Morgan fingerprint density at radius 2 is 1.95 bits per heavy atom. The quantitative estimate of drug-likeness (QED) is 0.800. The Morgan fingerprint density at radius 1 is 1.25 bits per heavy atom. The van der Waals surface area contributed by atoms with Gasteiger partial charge in [-0.15, -0.1) is 0 Å². The lowest BCUT2D eigenvalue weighted by Gasteiger charge is -2.13. The predicted molar refractivity (Wildman–Crippen MR) is 74.2 cm³/mol. The molecule has 0 saturated heterocycles. The van der Waals surface area contributed by atoms with Crippen LogP contribution in [0.3, 0.4) is 0 Å². The lowest BCUT2D eigenvalue weighted by atomic mass is 10.0. The van der Waals surface area contributed by atoms with Crippen LogP contribution in [0.2, 0.25) is 0 Å². The number of nitrogens with one attached hydrogen (secondary N) is 1. The smallest absolute Gasteiger partial charge is 0.303 e. The highest BCUT2D eigenvalue weighted by molar-refractivity contribution is 5.92. The number of carboxylic acid groups (broad SMARTS) is 1. The number of carbonyl (C=O) groups excluding carboxylic acids is 1. The molecule has 1 rings (SSSR count). The van der Waals surface area contributed by atoms with E-state index in [9.17, 15) is 9.59 Å². The van der Waals surface area contributed by atoms with Gasteiger partial charge in [0, 0.05) is 18.9 Å². The molecule has 2 N–H and O–H groups in total. The summed E-state index contributed by atoms with van der Waals surface area (Å²) in [5.41, 5.74) is 0.529. The number of benzene rings is 1. The molecule has 0 saturated carbocycles. The van der Waals surface area contributed by atoms with Gasteiger partial charge < -0.3 is 19.9 Å². The Labute approximate surface area is 117 Å². The highest BCUT2D eigenvalue weighted by Gasteiger charge is 2.14. The molecule has 110 valence electrons. The average Bonchev–Trinajstić information content (AvgIpc) is 2.37. The van der Waals surface area contributed by atoms with Crippen LogP contribution in [0.4, 0.5) is 5.69 Å². The van der Waals surface area contributed by atoms with Crippen molar-refractivity contribution in [3.8, 4) is 11.5 Å². The lowest BCUT2D eigenvalue weighted by Crippen LogP contribution is -2.17. The molecule has 1 aromatic rings. The zero-order valence-electron chi connectivity index (χ0n) is 11.8. The van der Waals surface area contributed by atoms with Crippen LogP contribution in [0, 0.1) is 5.92 Å². The molecule has 0 aliphatic carbocycles. The zero-order chi connectivity index (χ0) is 15.1. The van der Waals surface area contributed by atoms with E-state index in [-0.39, 0.29) is 24.7 Å². The summed E-state index contributed by atoms with van der Waals surface area (Å²) in [4.78, 5) is 22.4. The summed E-state index contributed by atoms with van der Waals surface area (Å²) in [6.45, 7) is 1.72. The molecule has 0 heterocycles. The van der Waals surface area contributed by atoms with Gasteiger partial charge in [-0.25, -0.2) is 0 Å². The second kappa shape index (κ2) is 7.37. The summed E-state index contributed by atoms with van der Waals surface area (Å²) < 4.78 is 10.2. The SMILES string of the molecule is COc1ccc(NC(=O)CC(C)CC(=O)O)c(OC)c1. The summed E-state index contributed by atoms with van der Waals surface area (Å²) in [6, 6.07) is 5.05. The number of carbonyl (C=O) groups is 2. The van der Waals surface area contributed by atoms with Crippen molar-refractivity contribution in [3.05, 3.63) is 18.2 Å². The number of hydrogen-bond acceptors (Lipinski definition) is 4. The number of carboxylic acids is 1. The standard InChI is InChI=1S/C14H19NO5/c1-9(7-14(17)18)6-13(16)15-11-5-4-10(19-2)8-12(11)20-3/h4-5,8-9H,6-7H2,1-3H3,(H,15,16)(H,17,18). The van der Waals surface area contributed by atoms with E-state index in [1.54, 1.807) is 32.2 Å². The van der Waals surface area contributed by atoms with E-state index in [1.165, 1.54) is 7.11 Å². The first-order valence-corrected chi connectivity index (χ1v) is 6.20. The molecular weight excluding hydrogens is 262 g/mol. The minimum absolute atomic E-state index is 0.0346. The van der Waals surface area contributed by atoms with Crippen LogP contribution in [-0.2, 0) is 9.59 Å². The van der Waals surface area contributed by atoms with Crippen LogP contribution < -0.4 is 14.8 Å². The number of rotatable bonds is 7. The highest BCUT2D eigenvalue weighted by Crippen LogP contribution is 2.29. The van der Waals surface area contributed by atoms with Crippen LogP contribution >= 0.6 is 0 Å². The van der Waals surface area contributed by atoms with Crippen molar-refractivity contribution in [1.82, 2.24) is 0 Å². The first kappa shape index (κ1) is 15.8. The van der Waals surface area contributed by atoms with Crippen molar-refractivity contribution >= 4 is 17.6 Å². The zero-order valence-corrected chi connectivity index (χ0v) is 11.8. The summed E-state index contributed by atoms with van der Waals surface area (Å²) >= 11 is 0. The fraction of sp³-hybridized carbons (Fsp3) is 0.429. The van der Waals surface area contributed by atoms with Gasteiger partial charge in [-0.3, -0.25) is 9.59 Å². The molecule has 6 heteroatoms. The molecule has 1 amide bonds. The molecular formula is C14H19NO5. The van der Waals surface area contributed by atoms with Crippen LogP contribution in [0.25, 0.3) is 0 Å². The van der Waals surface area contributed by atoms with E-state index < -0.39 is 5.97 Å². The van der Waals surface area contributed by atoms with E-state index in [4.69, 9.17) is 14.6 Å². The van der Waals surface area contributed by atoms with Crippen LogP contribution in [-0.4, -0.2) is 31.2 Å². The maximum atomic E-state index is 11.8. The van der Waals surface area contributed by atoms with E-state index in [0.717, 1.165) is 0 Å². The molecule has 0 radical (unpaired) electrons. The first-order chi connectivity index (χ1) is 9.46. The summed E-state index contributed by atoms with van der Waals surface area (Å²) in [5, 5.41) is 11.4. The minimum Gasteiger partial charge on any atom is -0.497 e. The number of anilines is 1. The number of amides is 1. The Kier molecular flexibility index (Phi) is 5.83. The van der Waals surface area contributed by atoms with Gasteiger partial charge in [-0.05, 0) is 18.1 Å². The molecule has 0 fully saturated rings. The van der Waals surface area contributed by atoms with Gasteiger partial charge in [0.2, 0.25) is 5.91 Å². The maximum absolute atomic E-state index is 11.8. The molecule has 0 aliphatic rings. The molecule has 1 atom stereocenters. The molecule has 0 aliphatic heterocycles. The fourth-order valence-corrected chi connectivity index (χ4v) is 1.79. The highest BCUT2D eigenvalue weighted by atomic mass is 16.5. The molecule has 0 spiro atoms. The molecule has 1 aromatic carbocycles. The second-order valence-corrected chi connectivity index (χ2v) is 4.52. The van der Waals surface area contributed by atoms with Crippen LogP contribution in [0.1, 0.15) is 19.8 Å². The molecule has 0 aromatic heterocycles. The number of ether oxygens (including phenoxy) is 2. The Balaban J connectivity index is 2.68. The van der Waals surface area contributed by atoms with Crippen LogP contribution in [0.15, 0.2) is 18.2 Å². The van der Waals surface area contributed by atoms with Gasteiger partial charge in [-0.1, -0.05) is 6.92 Å². The third-order valence-corrected chi connectivity index (χ3v) is 2.74. The third kappa shape index (κ3) is 4.79. The molecule has 0 bridgehead atoms. The van der Waals surface area contributed by atoms with Crippen molar-refractivity contribution < 1.29 is 24.2 Å². The first-order valence-electron chi connectivity index (χ1n) is 6.20. The van der Waals surface area contributed by atoms with Gasteiger partial charge in [0.25, 0.3) is 0 Å². The van der Waals surface area contributed by atoms with Gasteiger partial charge in [0.05, 0.1) is 19.9 Å². The van der Waals surface area contributed by atoms with Crippen molar-refractivity contribution in [1.29, 1.82) is 0 Å². The summed E-state index contributed by atoms with van der Waals surface area (Å²) in [5.74, 6) is -0.269. The van der Waals surface area contributed by atoms with E-state index in [0.29, 0.717) is 17.2 Å². The van der Waals surface area contributed by atoms with E-state index >= 15 is 0 Å². The van der Waals surface area contributed by atoms with Crippen molar-refractivity contribution in [2.24, 2.45) is 5.92 Å². The van der Waals surface area contributed by atoms with Gasteiger partial charge in [-0.2, -0.15) is 0 Å². The Hall–Kier alpha value is -2.24. The van der Waals surface area contributed by atoms with Gasteiger partial charge in [0.15, 0.2) is 0 Å². The number of methoxy groups -OCH3 is 2. The van der Waals surface area contributed by atoms with Crippen molar-refractivity contribution in [2.75, 3.05) is 19.5 Å². The summed E-state index contributed by atoms with van der Waals surface area (Å²) in [7, 11) is 3.04. The molecule has 1 unspecified atom stereocenters. The predicted octanol–water partition coefficient (Wildman–Crippen LogP) is 2.14. The van der Waals surface area contributed by atoms with Gasteiger partial charge >= 0.3 is 5.97 Å². The normalized spacial score (nSPS) is 11.6. The monoisotopic (exact) mass is 281 g/mol. The Bertz CT molecular complexity index is 486. The third-order valence-electron chi connectivity index (χ3n) is 2.74. The van der Waals surface area contributed by atoms with Crippen molar-refractivity contribution in [3.63, 3.8) is 0 Å². The van der Waals surface area contributed by atoms with E-state index in [2.05, 4.69) is 5.32 Å². The largest absolute Gasteiger partial charge is 0.497 e. The topological polar surface area (TPSA) is 84.9 Å². The maximum Gasteiger partial charge on any atom is 0.303 e. The van der Waals surface area contributed by atoms with Crippen molar-refractivity contribution in [2.45, 2.75) is 19.8 Å². The Morgan fingerprint density at radius 3 is 2.50 bits per heavy atom. The molecule has 6 nitrogen and oxygen atoms in total. The fourth-order valence-electron chi connectivity index (χ4n) is 1.79. The number of aliphatic carboxylic acids is 1. The number of hydrogen-bond donors (Lipinski definition) is 2. The minimum atomic E-state index is -0.910. The summed E-state index contributed by atoms with van der Waals surface area (Å²) in [6.07, 6.45) is 0.106. The van der Waals surface area contributed by atoms with E-state index in [1.807, 2.05) is 0 Å². The van der Waals surface area contributed by atoms with Gasteiger partial charge in [0.1, 0.15) is 11.5 Å².